The van der Waals surface area contributed by atoms with Gasteiger partial charge in [-0.15, -0.1) is 0 Å². The van der Waals surface area contributed by atoms with Crippen molar-refractivity contribution in [2.45, 2.75) is 6.92 Å². The number of aromatic nitrogens is 2. The zero-order valence-electron chi connectivity index (χ0n) is 11.9. The number of carbonyl (C=O) groups is 1. The van der Waals surface area contributed by atoms with Gasteiger partial charge >= 0.3 is 5.97 Å². The van der Waals surface area contributed by atoms with Crippen LogP contribution in [0.2, 0.25) is 0 Å². The normalized spacial score (nSPS) is 11.9. The van der Waals surface area contributed by atoms with Crippen molar-refractivity contribution in [3.05, 3.63) is 65.7 Å². The van der Waals surface area contributed by atoms with E-state index in [1.54, 1.807) is 18.2 Å². The number of carboxylic acid groups (broad SMARTS) is 1. The molecule has 0 bridgehead atoms. The first-order chi connectivity index (χ1) is 10.5. The third-order valence-corrected chi connectivity index (χ3v) is 2.83. The minimum Gasteiger partial charge on any atom is -0.476 e. The second-order valence-corrected chi connectivity index (χ2v) is 4.47. The van der Waals surface area contributed by atoms with Gasteiger partial charge in [0.25, 0.3) is 0 Å². The number of rotatable bonds is 3. The molecule has 1 aromatic carbocycles. The van der Waals surface area contributed by atoms with Gasteiger partial charge in [0.15, 0.2) is 5.69 Å². The van der Waals surface area contributed by atoms with Crippen LogP contribution in [-0.2, 0) is 0 Å². The van der Waals surface area contributed by atoms with E-state index in [4.69, 9.17) is 5.11 Å². The number of fused-ring (bicyclic) bond motifs is 1. The number of aromatic amines is 1. The quantitative estimate of drug-likeness (QED) is 0.672. The average Bonchev–Trinajstić information content (AvgIpc) is 2.90. The molecular weight excluding hydrogens is 283 g/mol. The fraction of sp³-hybridized carbons (Fsp3) is 0.0588. The van der Waals surface area contributed by atoms with Crippen molar-refractivity contribution < 1.29 is 14.3 Å². The highest BCUT2D eigenvalue weighted by molar-refractivity contribution is 6.01. The van der Waals surface area contributed by atoms with Crippen LogP contribution in [0.15, 0.2) is 54.4 Å². The van der Waals surface area contributed by atoms with E-state index in [1.807, 2.05) is 0 Å². The Morgan fingerprint density at radius 2 is 2.23 bits per heavy atom. The predicted molar refractivity (Wildman–Crippen MR) is 83.1 cm³/mol. The van der Waals surface area contributed by atoms with E-state index in [1.165, 1.54) is 25.2 Å². The first-order valence-electron chi connectivity index (χ1n) is 6.41. The maximum absolute atomic E-state index is 12.7. The Balaban J connectivity index is 2.40. The third kappa shape index (κ3) is 3.49. The molecule has 0 spiro atoms. The fourth-order valence-corrected chi connectivity index (χ4v) is 1.76. The van der Waals surface area contributed by atoms with Crippen molar-refractivity contribution >= 4 is 16.9 Å². The number of benzene rings is 1. The van der Waals surface area contributed by atoms with Crippen molar-refractivity contribution in [2.75, 3.05) is 0 Å². The number of hydrogen-bond donors (Lipinski definition) is 2. The molecule has 0 radical (unpaired) electrons. The molecule has 110 valence electrons. The second kappa shape index (κ2) is 6.55. The molecule has 0 saturated heterocycles. The van der Waals surface area contributed by atoms with Crippen molar-refractivity contribution in [3.63, 3.8) is 0 Å². The van der Waals surface area contributed by atoms with Crippen molar-refractivity contribution in [3.8, 4) is 11.8 Å². The molecule has 0 atom stereocenters. The van der Waals surface area contributed by atoms with Gasteiger partial charge in [-0.2, -0.15) is 5.10 Å². The summed E-state index contributed by atoms with van der Waals surface area (Å²) in [7, 11) is 0. The molecule has 2 N–H and O–H groups in total. The molecule has 1 heterocycles. The van der Waals surface area contributed by atoms with Crippen LogP contribution >= 0.6 is 0 Å². The van der Waals surface area contributed by atoms with Crippen LogP contribution in [0.3, 0.4) is 0 Å². The highest BCUT2D eigenvalue weighted by Gasteiger charge is 2.12. The summed E-state index contributed by atoms with van der Waals surface area (Å²) in [5.41, 5.74) is 1.76. The molecule has 0 unspecified atom stereocenters. The lowest BCUT2D eigenvalue weighted by Gasteiger charge is -1.93. The van der Waals surface area contributed by atoms with E-state index in [-0.39, 0.29) is 11.5 Å². The number of nitrogens with one attached hydrogen (secondary N) is 1. The zero-order valence-corrected chi connectivity index (χ0v) is 11.9. The number of carboxylic acids is 1. The lowest BCUT2D eigenvalue weighted by Crippen LogP contribution is -1.96. The summed E-state index contributed by atoms with van der Waals surface area (Å²) in [5.74, 6) is 4.31. The summed E-state index contributed by atoms with van der Waals surface area (Å²) in [5, 5.41) is 15.9. The number of nitrogens with zero attached hydrogens (tertiary/aromatic N) is 1. The van der Waals surface area contributed by atoms with Crippen LogP contribution in [0.5, 0.6) is 0 Å². The van der Waals surface area contributed by atoms with Crippen LogP contribution in [0.4, 0.5) is 4.39 Å². The maximum Gasteiger partial charge on any atom is 0.357 e. The summed E-state index contributed by atoms with van der Waals surface area (Å²) in [6, 6.07) is 5.10. The highest BCUT2D eigenvalue weighted by Crippen LogP contribution is 2.17. The van der Waals surface area contributed by atoms with Crippen LogP contribution in [-0.4, -0.2) is 21.3 Å². The smallest absolute Gasteiger partial charge is 0.357 e. The Labute approximate surface area is 126 Å². The molecule has 5 heteroatoms. The van der Waals surface area contributed by atoms with E-state index in [0.717, 1.165) is 0 Å². The molecule has 0 fully saturated rings. The molecular formula is C17H13FN2O2. The highest BCUT2D eigenvalue weighted by atomic mass is 19.1. The van der Waals surface area contributed by atoms with Crippen LogP contribution in [0.1, 0.15) is 23.0 Å². The van der Waals surface area contributed by atoms with Crippen LogP contribution < -0.4 is 0 Å². The molecule has 0 saturated carbocycles. The van der Waals surface area contributed by atoms with Crippen LogP contribution in [0, 0.1) is 11.8 Å². The minimum absolute atomic E-state index is 0.0471. The largest absolute Gasteiger partial charge is 0.476 e. The van der Waals surface area contributed by atoms with Crippen LogP contribution in [0.25, 0.3) is 10.9 Å². The second-order valence-electron chi connectivity index (χ2n) is 4.47. The number of halogens is 1. The molecule has 0 aliphatic rings. The van der Waals surface area contributed by atoms with Gasteiger partial charge in [0.1, 0.15) is 0 Å². The van der Waals surface area contributed by atoms with E-state index >= 15 is 0 Å². The number of H-pyrrole nitrogens is 1. The van der Waals surface area contributed by atoms with Gasteiger partial charge in [-0.3, -0.25) is 5.10 Å². The van der Waals surface area contributed by atoms with Gasteiger partial charge in [0.05, 0.1) is 11.3 Å². The summed E-state index contributed by atoms with van der Waals surface area (Å²) in [6.07, 6.45) is 4.34. The molecule has 1 aromatic heterocycles. The monoisotopic (exact) mass is 296 g/mol. The fourth-order valence-electron chi connectivity index (χ4n) is 1.76. The summed E-state index contributed by atoms with van der Waals surface area (Å²) >= 11 is 0. The number of allylic oxidation sites excluding steroid dienone is 5. The molecule has 0 amide bonds. The zero-order chi connectivity index (χ0) is 16.1. The number of hydrogen-bond acceptors (Lipinski definition) is 2. The standard InChI is InChI=1S/C17H13FN2O2/c1-3-12(5-4-11(2)18)6-7-13-8-9-15-14(10-13)16(17(21)22)20-19-15/h3-5,8-10H,1H2,2H3,(H,19,20)(H,21,22). The van der Waals surface area contributed by atoms with E-state index in [0.29, 0.717) is 22.0 Å². The molecule has 4 nitrogen and oxygen atoms in total. The first-order valence-corrected chi connectivity index (χ1v) is 6.41. The van der Waals surface area contributed by atoms with Gasteiger partial charge in [-0.25, -0.2) is 9.18 Å². The van der Waals surface area contributed by atoms with E-state index in [2.05, 4.69) is 28.6 Å². The summed E-state index contributed by atoms with van der Waals surface area (Å²) in [6.45, 7) is 4.95. The van der Waals surface area contributed by atoms with Gasteiger partial charge < -0.3 is 5.11 Å². The molecule has 2 aromatic rings. The van der Waals surface area contributed by atoms with Gasteiger partial charge in [-0.1, -0.05) is 24.5 Å². The maximum atomic E-state index is 12.7. The molecule has 22 heavy (non-hydrogen) atoms. The number of aromatic carboxylic acids is 1. The SMILES string of the molecule is C=CC(C#Cc1ccc2[nH]nc(C(=O)O)c2c1)=CC=C(C)F. The molecule has 0 aliphatic carbocycles. The topological polar surface area (TPSA) is 66.0 Å². The first kappa shape index (κ1) is 15.3. The van der Waals surface area contributed by atoms with Gasteiger partial charge in [-0.05, 0) is 37.3 Å². The average molecular weight is 296 g/mol. The lowest BCUT2D eigenvalue weighted by molar-refractivity contribution is 0.0692. The third-order valence-electron chi connectivity index (χ3n) is 2.83. The Morgan fingerprint density at radius 3 is 2.86 bits per heavy atom. The van der Waals surface area contributed by atoms with Gasteiger partial charge in [0, 0.05) is 16.5 Å². The van der Waals surface area contributed by atoms with Crippen molar-refractivity contribution in [2.24, 2.45) is 0 Å². The van der Waals surface area contributed by atoms with Crippen molar-refractivity contribution in [1.82, 2.24) is 10.2 Å². The Morgan fingerprint density at radius 1 is 1.45 bits per heavy atom. The van der Waals surface area contributed by atoms with Gasteiger partial charge in [0.2, 0.25) is 0 Å². The summed E-state index contributed by atoms with van der Waals surface area (Å²) in [4.78, 5) is 11.1. The minimum atomic E-state index is -1.11. The summed E-state index contributed by atoms with van der Waals surface area (Å²) < 4.78 is 12.7. The lowest BCUT2D eigenvalue weighted by atomic mass is 10.1. The van der Waals surface area contributed by atoms with E-state index < -0.39 is 5.97 Å². The van der Waals surface area contributed by atoms with Crippen molar-refractivity contribution in [1.29, 1.82) is 0 Å². The predicted octanol–water partition coefficient (Wildman–Crippen LogP) is 3.60. The molecule has 2 rings (SSSR count). The Bertz CT molecular complexity index is 860. The van der Waals surface area contributed by atoms with E-state index in [9.17, 15) is 9.18 Å². The Hall–Kier alpha value is -3.13. The molecule has 0 aliphatic heterocycles. The Kier molecular flexibility index (Phi) is 4.54.